The first-order chi connectivity index (χ1) is 14.2. The number of rotatable bonds is 7. The quantitative estimate of drug-likeness (QED) is 0.658. The third-order valence-electron chi connectivity index (χ3n) is 5.50. The highest BCUT2D eigenvalue weighted by molar-refractivity contribution is 7.89. The lowest BCUT2D eigenvalue weighted by Crippen LogP contribution is -2.45. The summed E-state index contributed by atoms with van der Waals surface area (Å²) >= 11 is 0. The normalized spacial score (nSPS) is 22.4. The molecule has 1 fully saturated rings. The first-order valence-electron chi connectivity index (χ1n) is 10.6. The van der Waals surface area contributed by atoms with Gasteiger partial charge < -0.3 is 10.1 Å². The van der Waals surface area contributed by atoms with Crippen molar-refractivity contribution in [2.45, 2.75) is 44.9 Å². The number of nitrogens with one attached hydrogen (secondary N) is 1. The van der Waals surface area contributed by atoms with Crippen molar-refractivity contribution in [2.24, 2.45) is 11.8 Å². The molecule has 2 aliphatic heterocycles. The van der Waals surface area contributed by atoms with Gasteiger partial charge in [0.2, 0.25) is 15.9 Å². The molecule has 2 heterocycles. The Hall–Kier alpha value is -2.13. The lowest BCUT2D eigenvalue weighted by molar-refractivity contribution is -0.125. The van der Waals surface area contributed by atoms with Gasteiger partial charge in [-0.15, -0.1) is 0 Å². The van der Waals surface area contributed by atoms with Crippen molar-refractivity contribution in [1.82, 2.24) is 9.62 Å². The number of hydrogen-bond acceptors (Lipinski definition) is 5. The van der Waals surface area contributed by atoms with E-state index in [1.54, 1.807) is 6.07 Å². The van der Waals surface area contributed by atoms with Crippen LogP contribution in [0.15, 0.2) is 23.1 Å². The van der Waals surface area contributed by atoms with Gasteiger partial charge in [-0.2, -0.15) is 4.31 Å². The van der Waals surface area contributed by atoms with Gasteiger partial charge in [-0.3, -0.25) is 14.5 Å². The Morgan fingerprint density at radius 2 is 1.93 bits per heavy atom. The molecule has 0 bridgehead atoms. The van der Waals surface area contributed by atoms with Crippen LogP contribution in [0.5, 0.6) is 5.75 Å². The van der Waals surface area contributed by atoms with E-state index in [1.165, 1.54) is 21.3 Å². The van der Waals surface area contributed by atoms with E-state index in [9.17, 15) is 18.0 Å². The predicted molar refractivity (Wildman–Crippen MR) is 114 cm³/mol. The van der Waals surface area contributed by atoms with Crippen LogP contribution in [-0.4, -0.2) is 57.3 Å². The highest BCUT2D eigenvalue weighted by Gasteiger charge is 2.34. The Morgan fingerprint density at radius 3 is 2.60 bits per heavy atom. The number of sulfonamides is 1. The summed E-state index contributed by atoms with van der Waals surface area (Å²) < 4.78 is 33.5. The zero-order chi connectivity index (χ0) is 21.9. The van der Waals surface area contributed by atoms with Gasteiger partial charge in [0, 0.05) is 19.6 Å². The third-order valence-corrected chi connectivity index (χ3v) is 7.33. The van der Waals surface area contributed by atoms with E-state index in [0.29, 0.717) is 31.1 Å². The maximum absolute atomic E-state index is 13.3. The molecule has 2 aliphatic rings. The lowest BCUT2D eigenvalue weighted by atomic mass is 9.94. The van der Waals surface area contributed by atoms with Gasteiger partial charge in [0.15, 0.2) is 6.61 Å². The summed E-state index contributed by atoms with van der Waals surface area (Å²) in [6.45, 7) is 7.28. The summed E-state index contributed by atoms with van der Waals surface area (Å²) in [6.07, 6.45) is 2.81. The Bertz CT molecular complexity index is 892. The van der Waals surface area contributed by atoms with Crippen LogP contribution in [0.3, 0.4) is 0 Å². The van der Waals surface area contributed by atoms with E-state index in [4.69, 9.17) is 4.74 Å². The molecular formula is C21H31N3O5S. The number of amides is 2. The van der Waals surface area contributed by atoms with Crippen molar-refractivity contribution < 1.29 is 22.7 Å². The molecule has 0 aromatic heterocycles. The van der Waals surface area contributed by atoms with Gasteiger partial charge in [0.25, 0.3) is 5.91 Å². The van der Waals surface area contributed by atoms with Crippen molar-refractivity contribution in [3.8, 4) is 5.75 Å². The average Bonchev–Trinajstić information content (AvgIpc) is 2.69. The van der Waals surface area contributed by atoms with Crippen molar-refractivity contribution in [3.05, 3.63) is 18.2 Å². The summed E-state index contributed by atoms with van der Waals surface area (Å²) in [4.78, 5) is 26.1. The van der Waals surface area contributed by atoms with Crippen LogP contribution >= 0.6 is 0 Å². The molecule has 1 aromatic carbocycles. The molecule has 2 amide bonds. The number of hydrogen-bond donors (Lipinski definition) is 1. The van der Waals surface area contributed by atoms with Crippen LogP contribution in [0.25, 0.3) is 0 Å². The molecule has 9 heteroatoms. The van der Waals surface area contributed by atoms with Gasteiger partial charge in [-0.05, 0) is 42.9 Å². The van der Waals surface area contributed by atoms with Gasteiger partial charge in [-0.1, -0.05) is 27.2 Å². The van der Waals surface area contributed by atoms with E-state index in [0.717, 1.165) is 19.3 Å². The summed E-state index contributed by atoms with van der Waals surface area (Å²) in [7, 11) is -3.71. The number of piperidine rings is 1. The fourth-order valence-electron chi connectivity index (χ4n) is 4.07. The molecule has 8 nitrogen and oxygen atoms in total. The molecule has 1 saturated heterocycles. The molecule has 30 heavy (non-hydrogen) atoms. The van der Waals surface area contributed by atoms with Crippen LogP contribution in [-0.2, 0) is 19.6 Å². The van der Waals surface area contributed by atoms with Gasteiger partial charge in [-0.25, -0.2) is 8.42 Å². The number of unbranched alkanes of at least 4 members (excludes halogenated alkanes) is 1. The summed E-state index contributed by atoms with van der Waals surface area (Å²) in [5.74, 6) is 0.318. The predicted octanol–water partition coefficient (Wildman–Crippen LogP) is 1.99. The number of ether oxygens (including phenoxy) is 1. The molecule has 166 valence electrons. The standard InChI is InChI=1S/C21H31N3O5S/c1-4-5-8-22-20(25)13-24-18-10-17(6-7-19(18)29-14-21(24)26)30(27,28)23-11-15(2)9-16(3)12-23/h6-7,10,15-16H,4-5,8-9,11-14H2,1-3H3,(H,22,25). The highest BCUT2D eigenvalue weighted by atomic mass is 32.2. The van der Waals surface area contributed by atoms with E-state index >= 15 is 0 Å². The minimum Gasteiger partial charge on any atom is -0.482 e. The molecule has 0 spiro atoms. The SMILES string of the molecule is CCCCNC(=O)CN1C(=O)COc2ccc(S(=O)(=O)N3CC(C)CC(C)C3)cc21. The fraction of sp³-hybridized carbons (Fsp3) is 0.619. The number of nitrogens with zero attached hydrogens (tertiary/aromatic N) is 2. The first kappa shape index (κ1) is 22.6. The van der Waals surface area contributed by atoms with Crippen molar-refractivity contribution in [2.75, 3.05) is 37.7 Å². The maximum Gasteiger partial charge on any atom is 0.265 e. The van der Waals surface area contributed by atoms with Crippen molar-refractivity contribution >= 4 is 27.5 Å². The van der Waals surface area contributed by atoms with Crippen LogP contribution in [0.1, 0.15) is 40.0 Å². The first-order valence-corrected chi connectivity index (χ1v) is 12.0. The lowest BCUT2D eigenvalue weighted by Gasteiger charge is -2.34. The molecule has 0 aliphatic carbocycles. The largest absolute Gasteiger partial charge is 0.482 e. The third kappa shape index (κ3) is 4.95. The van der Waals surface area contributed by atoms with Crippen molar-refractivity contribution in [1.29, 1.82) is 0 Å². The summed E-state index contributed by atoms with van der Waals surface area (Å²) in [5, 5.41) is 2.79. The topological polar surface area (TPSA) is 96.0 Å². The second-order valence-electron chi connectivity index (χ2n) is 8.37. The number of carbonyl (C=O) groups excluding carboxylic acids is 2. The van der Waals surface area contributed by atoms with Crippen LogP contribution < -0.4 is 15.0 Å². The highest BCUT2D eigenvalue weighted by Crippen LogP contribution is 2.36. The summed E-state index contributed by atoms with van der Waals surface area (Å²) in [5.41, 5.74) is 0.316. The molecule has 2 unspecified atom stereocenters. The fourth-order valence-corrected chi connectivity index (χ4v) is 5.77. The Labute approximate surface area is 178 Å². The Morgan fingerprint density at radius 1 is 1.23 bits per heavy atom. The van der Waals surface area contributed by atoms with E-state index < -0.39 is 10.0 Å². The zero-order valence-corrected chi connectivity index (χ0v) is 18.7. The molecule has 2 atom stereocenters. The summed E-state index contributed by atoms with van der Waals surface area (Å²) in [6, 6.07) is 4.52. The zero-order valence-electron chi connectivity index (χ0n) is 17.9. The van der Waals surface area contributed by atoms with E-state index in [-0.39, 0.29) is 41.7 Å². The molecule has 3 rings (SSSR count). The van der Waals surface area contributed by atoms with Crippen LogP contribution in [0.4, 0.5) is 5.69 Å². The molecule has 1 aromatic rings. The van der Waals surface area contributed by atoms with Crippen molar-refractivity contribution in [3.63, 3.8) is 0 Å². The van der Waals surface area contributed by atoms with E-state index in [1.807, 2.05) is 6.92 Å². The van der Waals surface area contributed by atoms with Gasteiger partial charge in [0.1, 0.15) is 12.3 Å². The Kier molecular flexibility index (Phi) is 7.02. The van der Waals surface area contributed by atoms with Gasteiger partial charge in [0.05, 0.1) is 10.6 Å². The van der Waals surface area contributed by atoms with E-state index in [2.05, 4.69) is 19.2 Å². The number of benzene rings is 1. The molecule has 1 N–H and O–H groups in total. The number of carbonyl (C=O) groups is 2. The second kappa shape index (κ2) is 9.34. The maximum atomic E-state index is 13.3. The van der Waals surface area contributed by atoms with Crippen LogP contribution in [0, 0.1) is 11.8 Å². The number of anilines is 1. The molecular weight excluding hydrogens is 406 g/mol. The smallest absolute Gasteiger partial charge is 0.265 e. The monoisotopic (exact) mass is 437 g/mol. The minimum atomic E-state index is -3.71. The second-order valence-corrected chi connectivity index (χ2v) is 10.3. The molecule has 0 saturated carbocycles. The minimum absolute atomic E-state index is 0.109. The number of fused-ring (bicyclic) bond motifs is 1. The average molecular weight is 438 g/mol. The molecule has 0 radical (unpaired) electrons. The van der Waals surface area contributed by atoms with Crippen LogP contribution in [0.2, 0.25) is 0 Å². The van der Waals surface area contributed by atoms with Gasteiger partial charge >= 0.3 is 0 Å². The Balaban J connectivity index is 1.86.